The third-order valence-corrected chi connectivity index (χ3v) is 3.83. The number of aliphatic hydroxyl groups is 5. The second-order valence-electron chi connectivity index (χ2n) is 5.00. The van der Waals surface area contributed by atoms with Crippen molar-refractivity contribution in [1.82, 2.24) is 0 Å². The number of hydrogen-bond acceptors (Lipinski definition) is 8. The molecule has 0 radical (unpaired) electrons. The van der Waals surface area contributed by atoms with E-state index in [0.29, 0.717) is 0 Å². The van der Waals surface area contributed by atoms with Gasteiger partial charge in [0.2, 0.25) is 0 Å². The monoisotopic (exact) mass is 332 g/mol. The van der Waals surface area contributed by atoms with Gasteiger partial charge in [-0.25, -0.2) is 4.57 Å². The second-order valence-corrected chi connectivity index (χ2v) is 6.20. The highest BCUT2D eigenvalue weighted by molar-refractivity contribution is 7.46. The second kappa shape index (κ2) is 7.42. The topological polar surface area (TPSA) is 177 Å². The van der Waals surface area contributed by atoms with Crippen molar-refractivity contribution in [3.63, 3.8) is 0 Å². The molecule has 1 saturated heterocycles. The third-order valence-electron chi connectivity index (χ3n) is 3.20. The van der Waals surface area contributed by atoms with Crippen LogP contribution < -0.4 is 0 Å². The summed E-state index contributed by atoms with van der Waals surface area (Å²) in [5.41, 5.74) is 0. The molecular weight excluding hydrogens is 311 g/mol. The van der Waals surface area contributed by atoms with E-state index in [-0.39, 0.29) is 6.42 Å². The van der Waals surface area contributed by atoms with Gasteiger partial charge in [0.15, 0.2) is 0 Å². The molecular formula is C10H21O10P. The predicted molar refractivity (Wildman–Crippen MR) is 67.0 cm³/mol. The van der Waals surface area contributed by atoms with E-state index >= 15 is 0 Å². The molecule has 0 spiro atoms. The zero-order chi connectivity index (χ0) is 16.4. The Kier molecular flexibility index (Phi) is 6.69. The van der Waals surface area contributed by atoms with Crippen LogP contribution in [0.5, 0.6) is 0 Å². The first-order valence-corrected chi connectivity index (χ1v) is 7.82. The van der Waals surface area contributed by atoms with Crippen molar-refractivity contribution < 1.29 is 49.1 Å². The SMILES string of the molecule is C[C@H](CC1O[C@H]([C@@H](O)CO)[C@@H](O)[C@H](O)[C@@H]1O)OP(=O)(O)O. The Morgan fingerprint density at radius 3 is 2.24 bits per heavy atom. The average molecular weight is 332 g/mol. The third kappa shape index (κ3) is 5.22. The van der Waals surface area contributed by atoms with Gasteiger partial charge in [-0.2, -0.15) is 0 Å². The molecule has 11 heteroatoms. The van der Waals surface area contributed by atoms with Crippen molar-refractivity contribution in [3.8, 4) is 0 Å². The Morgan fingerprint density at radius 2 is 1.76 bits per heavy atom. The van der Waals surface area contributed by atoms with E-state index in [1.165, 1.54) is 6.92 Å². The van der Waals surface area contributed by atoms with Gasteiger partial charge in [0.05, 0.1) is 18.8 Å². The summed E-state index contributed by atoms with van der Waals surface area (Å²) in [6.45, 7) is 0.593. The lowest BCUT2D eigenvalue weighted by atomic mass is 9.90. The van der Waals surface area contributed by atoms with Crippen molar-refractivity contribution in [3.05, 3.63) is 0 Å². The van der Waals surface area contributed by atoms with Crippen LogP contribution in [0.2, 0.25) is 0 Å². The zero-order valence-corrected chi connectivity index (χ0v) is 12.2. The van der Waals surface area contributed by atoms with E-state index in [1.54, 1.807) is 0 Å². The number of phosphoric ester groups is 1. The summed E-state index contributed by atoms with van der Waals surface area (Å²) >= 11 is 0. The average Bonchev–Trinajstić information content (AvgIpc) is 2.36. The van der Waals surface area contributed by atoms with Crippen LogP contribution in [0.25, 0.3) is 0 Å². The molecule has 0 saturated carbocycles. The summed E-state index contributed by atoms with van der Waals surface area (Å²) in [6.07, 6.45) is -9.98. The van der Waals surface area contributed by atoms with Crippen molar-refractivity contribution >= 4 is 7.82 Å². The highest BCUT2D eigenvalue weighted by atomic mass is 31.2. The Morgan fingerprint density at radius 1 is 1.19 bits per heavy atom. The lowest BCUT2D eigenvalue weighted by Gasteiger charge is -2.42. The molecule has 0 amide bonds. The fourth-order valence-electron chi connectivity index (χ4n) is 2.20. The summed E-state index contributed by atoms with van der Waals surface area (Å²) in [6, 6.07) is 0. The molecule has 0 aromatic heterocycles. The first-order valence-electron chi connectivity index (χ1n) is 6.29. The number of rotatable bonds is 6. The van der Waals surface area contributed by atoms with Gasteiger partial charge < -0.3 is 40.1 Å². The van der Waals surface area contributed by atoms with Crippen LogP contribution in [-0.2, 0) is 13.8 Å². The van der Waals surface area contributed by atoms with E-state index in [4.69, 9.17) is 19.6 Å². The van der Waals surface area contributed by atoms with E-state index in [1.807, 2.05) is 0 Å². The maximum Gasteiger partial charge on any atom is 0.469 e. The Balaban J connectivity index is 2.74. The summed E-state index contributed by atoms with van der Waals surface area (Å²) in [7, 11) is -4.72. The molecule has 1 fully saturated rings. The van der Waals surface area contributed by atoms with E-state index in [0.717, 1.165) is 0 Å². The number of hydrogen-bond donors (Lipinski definition) is 7. The number of ether oxygens (including phenoxy) is 1. The molecule has 0 bridgehead atoms. The maximum absolute atomic E-state index is 10.7. The molecule has 1 rings (SSSR count). The minimum absolute atomic E-state index is 0.204. The Labute approximate surface area is 120 Å². The summed E-state index contributed by atoms with van der Waals surface area (Å²) < 4.78 is 20.3. The van der Waals surface area contributed by atoms with Crippen LogP contribution in [0, 0.1) is 0 Å². The normalized spacial score (nSPS) is 37.2. The molecule has 0 aromatic carbocycles. The fourth-order valence-corrected chi connectivity index (χ4v) is 2.76. The first kappa shape index (κ1) is 18.9. The van der Waals surface area contributed by atoms with Crippen molar-refractivity contribution in [2.45, 2.75) is 56.1 Å². The van der Waals surface area contributed by atoms with Gasteiger partial charge in [-0.05, 0) is 6.92 Å². The summed E-state index contributed by atoms with van der Waals surface area (Å²) in [5.74, 6) is 0. The summed E-state index contributed by atoms with van der Waals surface area (Å²) in [5, 5.41) is 47.6. The summed E-state index contributed by atoms with van der Waals surface area (Å²) in [4.78, 5) is 17.4. The van der Waals surface area contributed by atoms with Crippen LogP contribution in [0.1, 0.15) is 13.3 Å². The molecule has 0 aliphatic carbocycles. The van der Waals surface area contributed by atoms with Crippen LogP contribution in [0.4, 0.5) is 0 Å². The molecule has 21 heavy (non-hydrogen) atoms. The standard InChI is InChI=1S/C10H21O10P/c1-4(20-21(16,17)18)2-6-7(13)8(14)9(15)10(19-6)5(12)3-11/h4-15H,2-3H2,1H3,(H2,16,17,18)/t4-,5+,6?,7-,8-,9+,10-/m1/s1. The molecule has 1 aliphatic rings. The van der Waals surface area contributed by atoms with Crippen LogP contribution >= 0.6 is 7.82 Å². The zero-order valence-electron chi connectivity index (χ0n) is 11.3. The van der Waals surface area contributed by atoms with Crippen LogP contribution in [0.3, 0.4) is 0 Å². The molecule has 1 unspecified atom stereocenters. The van der Waals surface area contributed by atoms with Gasteiger partial charge in [-0.15, -0.1) is 0 Å². The molecule has 7 N–H and O–H groups in total. The highest BCUT2D eigenvalue weighted by Crippen LogP contribution is 2.39. The lowest BCUT2D eigenvalue weighted by Crippen LogP contribution is -2.61. The van der Waals surface area contributed by atoms with Gasteiger partial charge >= 0.3 is 7.82 Å². The minimum Gasteiger partial charge on any atom is -0.394 e. The van der Waals surface area contributed by atoms with Crippen LogP contribution in [-0.4, -0.2) is 84.7 Å². The lowest BCUT2D eigenvalue weighted by molar-refractivity contribution is -0.249. The van der Waals surface area contributed by atoms with Crippen molar-refractivity contribution in [1.29, 1.82) is 0 Å². The van der Waals surface area contributed by atoms with E-state index < -0.39 is 57.2 Å². The largest absolute Gasteiger partial charge is 0.469 e. The smallest absolute Gasteiger partial charge is 0.394 e. The fraction of sp³-hybridized carbons (Fsp3) is 1.00. The van der Waals surface area contributed by atoms with E-state index in [2.05, 4.69) is 4.52 Å². The quantitative estimate of drug-likeness (QED) is 0.249. The van der Waals surface area contributed by atoms with Crippen molar-refractivity contribution in [2.75, 3.05) is 6.61 Å². The van der Waals surface area contributed by atoms with Gasteiger partial charge in [0.25, 0.3) is 0 Å². The molecule has 1 heterocycles. The van der Waals surface area contributed by atoms with Gasteiger partial charge in [-0.1, -0.05) is 0 Å². The number of aliphatic hydroxyl groups excluding tert-OH is 5. The van der Waals surface area contributed by atoms with Gasteiger partial charge in [0.1, 0.15) is 30.5 Å². The van der Waals surface area contributed by atoms with E-state index in [9.17, 15) is 25.0 Å². The number of phosphoric acid groups is 1. The molecule has 10 nitrogen and oxygen atoms in total. The Hall–Kier alpha value is -0.130. The molecule has 0 aromatic rings. The predicted octanol–water partition coefficient (Wildman–Crippen LogP) is -2.92. The van der Waals surface area contributed by atoms with Crippen LogP contribution in [0.15, 0.2) is 0 Å². The molecule has 7 atom stereocenters. The van der Waals surface area contributed by atoms with Gasteiger partial charge in [0, 0.05) is 6.42 Å². The molecule has 126 valence electrons. The van der Waals surface area contributed by atoms with Gasteiger partial charge in [-0.3, -0.25) is 4.52 Å². The van der Waals surface area contributed by atoms with Crippen molar-refractivity contribution in [2.24, 2.45) is 0 Å². The highest BCUT2D eigenvalue weighted by Gasteiger charge is 2.46. The minimum atomic E-state index is -4.72. The maximum atomic E-state index is 10.7. The first-order chi connectivity index (χ1) is 9.56. The Bertz CT molecular complexity index is 373. The molecule has 1 aliphatic heterocycles.